The second kappa shape index (κ2) is 7.51. The van der Waals surface area contributed by atoms with Gasteiger partial charge in [0.2, 0.25) is 0 Å². The standard InChI is InChI=1S/C9H17NO/c1-3-4-5-6-7-9(2)8-11-10/h4-7,9H,3,8,10H2,1-2H3/b5-4-,7-6-. The summed E-state index contributed by atoms with van der Waals surface area (Å²) in [4.78, 5) is 4.49. The Morgan fingerprint density at radius 3 is 2.73 bits per heavy atom. The fourth-order valence-electron chi connectivity index (χ4n) is 0.676. The van der Waals surface area contributed by atoms with Gasteiger partial charge in [0.25, 0.3) is 0 Å². The van der Waals surface area contributed by atoms with Crippen LogP contribution in [0, 0.1) is 5.92 Å². The summed E-state index contributed by atoms with van der Waals surface area (Å²) in [5, 5.41) is 0. The van der Waals surface area contributed by atoms with Crippen LogP contribution in [0.1, 0.15) is 20.3 Å². The predicted octanol–water partition coefficient (Wildman–Crippen LogP) is 2.04. The van der Waals surface area contributed by atoms with Gasteiger partial charge < -0.3 is 4.84 Å². The van der Waals surface area contributed by atoms with Crippen LogP contribution in [0.5, 0.6) is 0 Å². The highest BCUT2D eigenvalue weighted by Gasteiger charge is 1.92. The lowest BCUT2D eigenvalue weighted by Gasteiger charge is -2.00. The minimum atomic E-state index is 0.390. The van der Waals surface area contributed by atoms with Crippen LogP contribution >= 0.6 is 0 Å². The van der Waals surface area contributed by atoms with Crippen LogP contribution in [0.2, 0.25) is 0 Å². The molecule has 1 atom stereocenters. The van der Waals surface area contributed by atoms with Gasteiger partial charge in [0.15, 0.2) is 0 Å². The van der Waals surface area contributed by atoms with Crippen molar-refractivity contribution < 1.29 is 4.84 Å². The summed E-state index contributed by atoms with van der Waals surface area (Å²) in [5.74, 6) is 5.30. The largest absolute Gasteiger partial charge is 0.304 e. The third kappa shape index (κ3) is 7.30. The first-order valence-electron chi connectivity index (χ1n) is 3.96. The first-order valence-corrected chi connectivity index (χ1v) is 3.96. The molecule has 0 aliphatic carbocycles. The maximum absolute atomic E-state index is 4.91. The van der Waals surface area contributed by atoms with E-state index in [0.717, 1.165) is 6.42 Å². The number of nitrogens with two attached hydrogens (primary N) is 1. The molecule has 0 amide bonds. The zero-order chi connectivity index (χ0) is 8.53. The van der Waals surface area contributed by atoms with E-state index in [0.29, 0.717) is 12.5 Å². The average molecular weight is 155 g/mol. The fourth-order valence-corrected chi connectivity index (χ4v) is 0.676. The normalized spacial score (nSPS) is 14.8. The molecular formula is C9H17NO. The second-order valence-electron chi connectivity index (χ2n) is 2.53. The molecule has 0 aromatic rings. The molecule has 0 aliphatic rings. The molecule has 2 N–H and O–H groups in total. The fraction of sp³-hybridized carbons (Fsp3) is 0.556. The first kappa shape index (κ1) is 10.4. The van der Waals surface area contributed by atoms with Crippen molar-refractivity contribution in [2.24, 2.45) is 11.8 Å². The highest BCUT2D eigenvalue weighted by atomic mass is 16.6. The lowest BCUT2D eigenvalue weighted by Crippen LogP contribution is -2.07. The van der Waals surface area contributed by atoms with Gasteiger partial charge in [-0.1, -0.05) is 38.2 Å². The maximum Gasteiger partial charge on any atom is 0.0739 e. The Bertz CT molecular complexity index is 130. The number of rotatable bonds is 5. The molecule has 2 nitrogen and oxygen atoms in total. The van der Waals surface area contributed by atoms with Gasteiger partial charge in [0.05, 0.1) is 6.61 Å². The van der Waals surface area contributed by atoms with E-state index in [-0.39, 0.29) is 0 Å². The molecule has 0 aliphatic heterocycles. The summed E-state index contributed by atoms with van der Waals surface area (Å²) in [5.41, 5.74) is 0. The van der Waals surface area contributed by atoms with Crippen LogP contribution in [0.3, 0.4) is 0 Å². The number of hydrogen-bond donors (Lipinski definition) is 1. The Labute approximate surface area is 68.7 Å². The molecule has 0 aromatic carbocycles. The zero-order valence-corrected chi connectivity index (χ0v) is 7.29. The molecule has 0 saturated heterocycles. The SMILES string of the molecule is CC/C=C\C=C/C(C)CON. The van der Waals surface area contributed by atoms with E-state index in [2.05, 4.69) is 30.8 Å². The van der Waals surface area contributed by atoms with E-state index in [1.54, 1.807) is 0 Å². The summed E-state index contributed by atoms with van der Waals surface area (Å²) >= 11 is 0. The molecule has 0 radical (unpaired) electrons. The van der Waals surface area contributed by atoms with Crippen LogP contribution in [0.4, 0.5) is 0 Å². The van der Waals surface area contributed by atoms with Gasteiger partial charge in [-0.25, -0.2) is 5.90 Å². The molecular weight excluding hydrogens is 138 g/mol. The highest BCUT2D eigenvalue weighted by Crippen LogP contribution is 1.96. The van der Waals surface area contributed by atoms with Crippen LogP contribution in [0.15, 0.2) is 24.3 Å². The first-order chi connectivity index (χ1) is 5.31. The van der Waals surface area contributed by atoms with Crippen molar-refractivity contribution in [1.29, 1.82) is 0 Å². The Balaban J connectivity index is 3.47. The van der Waals surface area contributed by atoms with Gasteiger partial charge in [0.1, 0.15) is 0 Å². The van der Waals surface area contributed by atoms with Crippen molar-refractivity contribution >= 4 is 0 Å². The summed E-state index contributed by atoms with van der Waals surface area (Å²) in [7, 11) is 0. The molecule has 0 bridgehead atoms. The van der Waals surface area contributed by atoms with E-state index < -0.39 is 0 Å². The topological polar surface area (TPSA) is 35.2 Å². The maximum atomic E-state index is 4.91. The number of hydrogen-bond acceptors (Lipinski definition) is 2. The molecule has 64 valence electrons. The molecule has 0 rings (SSSR count). The van der Waals surface area contributed by atoms with Gasteiger partial charge >= 0.3 is 0 Å². The molecule has 1 unspecified atom stereocenters. The minimum Gasteiger partial charge on any atom is -0.304 e. The summed E-state index contributed by atoms with van der Waals surface area (Å²) in [6, 6.07) is 0. The molecule has 0 spiro atoms. The van der Waals surface area contributed by atoms with Crippen molar-refractivity contribution in [3.05, 3.63) is 24.3 Å². The average Bonchev–Trinajstić information content (AvgIpc) is 1.99. The number of allylic oxidation sites excluding steroid dienone is 3. The Morgan fingerprint density at radius 1 is 1.45 bits per heavy atom. The minimum absolute atomic E-state index is 0.390. The monoisotopic (exact) mass is 155 g/mol. The van der Waals surface area contributed by atoms with Gasteiger partial charge in [-0.05, 0) is 12.3 Å². The van der Waals surface area contributed by atoms with Crippen molar-refractivity contribution in [3.8, 4) is 0 Å². The predicted molar refractivity (Wildman–Crippen MR) is 47.9 cm³/mol. The van der Waals surface area contributed by atoms with E-state index in [1.807, 2.05) is 12.2 Å². The van der Waals surface area contributed by atoms with E-state index in [1.165, 1.54) is 0 Å². The van der Waals surface area contributed by atoms with Crippen LogP contribution < -0.4 is 5.90 Å². The molecule has 0 saturated carbocycles. The molecule has 0 heterocycles. The van der Waals surface area contributed by atoms with Crippen molar-refractivity contribution in [1.82, 2.24) is 0 Å². The molecule has 0 aromatic heterocycles. The zero-order valence-electron chi connectivity index (χ0n) is 7.29. The summed E-state index contributed by atoms with van der Waals surface area (Å²) < 4.78 is 0. The summed E-state index contributed by atoms with van der Waals surface area (Å²) in [6.45, 7) is 4.75. The van der Waals surface area contributed by atoms with Crippen LogP contribution in [-0.2, 0) is 4.84 Å². The van der Waals surface area contributed by atoms with E-state index in [4.69, 9.17) is 5.90 Å². The smallest absolute Gasteiger partial charge is 0.0739 e. The molecule has 11 heavy (non-hydrogen) atoms. The van der Waals surface area contributed by atoms with Gasteiger partial charge in [0, 0.05) is 0 Å². The van der Waals surface area contributed by atoms with E-state index >= 15 is 0 Å². The highest BCUT2D eigenvalue weighted by molar-refractivity contribution is 5.03. The van der Waals surface area contributed by atoms with Gasteiger partial charge in [-0.15, -0.1) is 0 Å². The summed E-state index contributed by atoms with van der Waals surface area (Å²) in [6.07, 6.45) is 9.30. The van der Waals surface area contributed by atoms with Gasteiger partial charge in [-0.3, -0.25) is 0 Å². The second-order valence-corrected chi connectivity index (χ2v) is 2.53. The van der Waals surface area contributed by atoms with Crippen molar-refractivity contribution in [2.75, 3.05) is 6.61 Å². The van der Waals surface area contributed by atoms with Crippen molar-refractivity contribution in [2.45, 2.75) is 20.3 Å². The third-order valence-corrected chi connectivity index (χ3v) is 1.28. The molecule has 2 heteroatoms. The third-order valence-electron chi connectivity index (χ3n) is 1.28. The Kier molecular flexibility index (Phi) is 7.10. The van der Waals surface area contributed by atoms with Gasteiger partial charge in [-0.2, -0.15) is 0 Å². The molecule has 0 fully saturated rings. The Hall–Kier alpha value is -0.600. The van der Waals surface area contributed by atoms with Crippen molar-refractivity contribution in [3.63, 3.8) is 0 Å². The Morgan fingerprint density at radius 2 is 2.18 bits per heavy atom. The quantitative estimate of drug-likeness (QED) is 0.487. The van der Waals surface area contributed by atoms with Crippen LogP contribution in [0.25, 0.3) is 0 Å². The lowest BCUT2D eigenvalue weighted by molar-refractivity contribution is 0.120. The lowest BCUT2D eigenvalue weighted by atomic mass is 10.2. The van der Waals surface area contributed by atoms with E-state index in [9.17, 15) is 0 Å². The van der Waals surface area contributed by atoms with Crippen LogP contribution in [-0.4, -0.2) is 6.61 Å².